The smallest absolute Gasteiger partial charge is 0.207 e. The summed E-state index contributed by atoms with van der Waals surface area (Å²) in [7, 11) is -8.14. The van der Waals surface area contributed by atoms with Gasteiger partial charge in [0.2, 0.25) is 20.0 Å². The molecule has 0 N–H and O–H groups in total. The van der Waals surface area contributed by atoms with Crippen molar-refractivity contribution in [1.29, 1.82) is 0 Å². The Kier molecular flexibility index (Phi) is 6.23. The maximum Gasteiger partial charge on any atom is 0.416 e. The zero-order chi connectivity index (χ0) is 22.3. The highest BCUT2D eigenvalue weighted by Gasteiger charge is 2.37. The highest BCUT2D eigenvalue weighted by molar-refractivity contribution is 7.89. The molecule has 1 fully saturated rings. The molecule has 1 heterocycles. The normalized spacial score (nSPS) is 17.2. The molecule has 0 aliphatic carbocycles. The standard InChI is InChI=1S/C18H18ClF3N2O4S2/c1-13-2-5-15(6-3-13)29(25,26)23-8-10-24(11-9-23)30(27,28)17-12-14(18(20,21)22)4-7-16(17)19/h2-7,12H,8-11H2,1H3. The second kappa shape index (κ2) is 8.12. The van der Waals surface area contributed by atoms with E-state index in [1.807, 2.05) is 6.92 Å². The van der Waals surface area contributed by atoms with Crippen molar-refractivity contribution in [2.75, 3.05) is 26.2 Å². The van der Waals surface area contributed by atoms with Gasteiger partial charge in [0, 0.05) is 26.2 Å². The second-order valence-electron chi connectivity index (χ2n) is 6.76. The number of benzene rings is 2. The lowest BCUT2D eigenvalue weighted by Gasteiger charge is -2.33. The van der Waals surface area contributed by atoms with E-state index in [0.29, 0.717) is 12.1 Å². The summed E-state index contributed by atoms with van der Waals surface area (Å²) < 4.78 is 92.2. The van der Waals surface area contributed by atoms with E-state index in [1.165, 1.54) is 12.1 Å². The van der Waals surface area contributed by atoms with Crippen molar-refractivity contribution < 1.29 is 30.0 Å². The van der Waals surface area contributed by atoms with Crippen LogP contribution in [0.4, 0.5) is 13.2 Å². The van der Waals surface area contributed by atoms with Gasteiger partial charge in [-0.05, 0) is 37.3 Å². The van der Waals surface area contributed by atoms with Crippen molar-refractivity contribution in [3.05, 3.63) is 58.6 Å². The van der Waals surface area contributed by atoms with E-state index in [-0.39, 0.29) is 36.1 Å². The molecule has 164 valence electrons. The quantitative estimate of drug-likeness (QED) is 0.669. The number of nitrogens with zero attached hydrogens (tertiary/aromatic N) is 2. The molecule has 2 aromatic carbocycles. The second-order valence-corrected chi connectivity index (χ2v) is 11.0. The number of aryl methyl sites for hydroxylation is 1. The van der Waals surface area contributed by atoms with Gasteiger partial charge in [-0.25, -0.2) is 16.8 Å². The predicted octanol–water partition coefficient (Wildman–Crippen LogP) is 3.36. The molecule has 2 aromatic rings. The third-order valence-electron chi connectivity index (χ3n) is 4.73. The Morgan fingerprint density at radius 2 is 1.33 bits per heavy atom. The van der Waals surface area contributed by atoms with Crippen LogP contribution in [0, 0.1) is 6.92 Å². The Morgan fingerprint density at radius 1 is 0.833 bits per heavy atom. The van der Waals surface area contributed by atoms with Crippen LogP contribution in [0.1, 0.15) is 11.1 Å². The van der Waals surface area contributed by atoms with Crippen LogP contribution in [0.5, 0.6) is 0 Å². The highest BCUT2D eigenvalue weighted by atomic mass is 35.5. The molecule has 0 saturated carbocycles. The van der Waals surface area contributed by atoms with E-state index in [2.05, 4.69) is 0 Å². The molecule has 1 saturated heterocycles. The first-order valence-electron chi connectivity index (χ1n) is 8.77. The molecule has 30 heavy (non-hydrogen) atoms. The molecule has 1 aliphatic rings. The van der Waals surface area contributed by atoms with Crippen molar-refractivity contribution in [3.8, 4) is 0 Å². The highest BCUT2D eigenvalue weighted by Crippen LogP contribution is 2.34. The molecule has 12 heteroatoms. The van der Waals surface area contributed by atoms with Gasteiger partial charge in [0.25, 0.3) is 0 Å². The fraction of sp³-hybridized carbons (Fsp3) is 0.333. The maximum absolute atomic E-state index is 13.0. The van der Waals surface area contributed by atoms with Gasteiger partial charge in [-0.1, -0.05) is 29.3 Å². The van der Waals surface area contributed by atoms with Crippen molar-refractivity contribution in [2.45, 2.75) is 22.9 Å². The fourth-order valence-electron chi connectivity index (χ4n) is 3.03. The van der Waals surface area contributed by atoms with Crippen LogP contribution in [0.2, 0.25) is 5.02 Å². The molecule has 0 unspecified atom stereocenters. The number of hydrogen-bond acceptors (Lipinski definition) is 4. The molecule has 6 nitrogen and oxygen atoms in total. The zero-order valence-electron chi connectivity index (χ0n) is 15.7. The largest absolute Gasteiger partial charge is 0.416 e. The zero-order valence-corrected chi connectivity index (χ0v) is 18.1. The minimum atomic E-state index is -4.73. The SMILES string of the molecule is Cc1ccc(S(=O)(=O)N2CCN(S(=O)(=O)c3cc(C(F)(F)F)ccc3Cl)CC2)cc1. The van der Waals surface area contributed by atoms with E-state index in [0.717, 1.165) is 20.2 Å². The number of piperazine rings is 1. The first kappa shape index (κ1) is 23.0. The summed E-state index contributed by atoms with van der Waals surface area (Å²) in [4.78, 5) is -0.570. The van der Waals surface area contributed by atoms with Gasteiger partial charge in [0.1, 0.15) is 4.90 Å². The third-order valence-corrected chi connectivity index (χ3v) is 9.03. The molecule has 0 bridgehead atoms. The van der Waals surface area contributed by atoms with Crippen LogP contribution in [-0.2, 0) is 26.2 Å². The molecule has 0 aromatic heterocycles. The molecule has 1 aliphatic heterocycles. The predicted molar refractivity (Wildman–Crippen MR) is 105 cm³/mol. The van der Waals surface area contributed by atoms with Gasteiger partial charge in [0.05, 0.1) is 15.5 Å². The minimum absolute atomic E-state index is 0.0883. The topological polar surface area (TPSA) is 74.8 Å². The molecule has 0 atom stereocenters. The lowest BCUT2D eigenvalue weighted by atomic mass is 10.2. The van der Waals surface area contributed by atoms with E-state index in [4.69, 9.17) is 11.6 Å². The van der Waals surface area contributed by atoms with Crippen molar-refractivity contribution >= 4 is 31.6 Å². The molecular formula is C18H18ClF3N2O4S2. The van der Waals surface area contributed by atoms with Crippen LogP contribution in [0.3, 0.4) is 0 Å². The number of hydrogen-bond donors (Lipinski definition) is 0. The molecule has 3 rings (SSSR count). The van der Waals surface area contributed by atoms with E-state index in [9.17, 15) is 30.0 Å². The Hall–Kier alpha value is -1.66. The van der Waals surface area contributed by atoms with Gasteiger partial charge in [0.15, 0.2) is 0 Å². The van der Waals surface area contributed by atoms with Gasteiger partial charge in [-0.2, -0.15) is 21.8 Å². The summed E-state index contributed by atoms with van der Waals surface area (Å²) in [5.41, 5.74) is -0.242. The van der Waals surface area contributed by atoms with E-state index in [1.54, 1.807) is 12.1 Å². The molecule has 0 spiro atoms. The summed E-state index contributed by atoms with van der Waals surface area (Å²) >= 11 is 5.86. The average molecular weight is 483 g/mol. The lowest BCUT2D eigenvalue weighted by molar-refractivity contribution is -0.137. The van der Waals surface area contributed by atoms with Crippen LogP contribution in [0.25, 0.3) is 0 Å². The number of sulfonamides is 2. The van der Waals surface area contributed by atoms with Crippen LogP contribution < -0.4 is 0 Å². The summed E-state index contributed by atoms with van der Waals surface area (Å²) in [6.07, 6.45) is -4.73. The van der Waals surface area contributed by atoms with Gasteiger partial charge < -0.3 is 0 Å². The monoisotopic (exact) mass is 482 g/mol. The number of rotatable bonds is 4. The van der Waals surface area contributed by atoms with Gasteiger partial charge in [-0.3, -0.25) is 0 Å². The van der Waals surface area contributed by atoms with Crippen molar-refractivity contribution in [3.63, 3.8) is 0 Å². The van der Waals surface area contributed by atoms with Crippen LogP contribution in [-0.4, -0.2) is 51.6 Å². The Morgan fingerprint density at radius 3 is 1.83 bits per heavy atom. The summed E-state index contributed by atoms with van der Waals surface area (Å²) in [6, 6.07) is 8.33. The first-order valence-corrected chi connectivity index (χ1v) is 12.0. The Bertz CT molecular complexity index is 1140. The third kappa shape index (κ3) is 4.50. The Labute approximate surface area is 178 Å². The Balaban J connectivity index is 1.81. The van der Waals surface area contributed by atoms with Crippen molar-refractivity contribution in [1.82, 2.24) is 8.61 Å². The molecule has 0 radical (unpaired) electrons. The average Bonchev–Trinajstić information content (AvgIpc) is 2.67. The summed E-state index contributed by atoms with van der Waals surface area (Å²) in [6.45, 7) is 1.14. The lowest BCUT2D eigenvalue weighted by Crippen LogP contribution is -2.50. The van der Waals surface area contributed by atoms with E-state index < -0.39 is 36.7 Å². The van der Waals surface area contributed by atoms with Crippen LogP contribution in [0.15, 0.2) is 52.3 Å². The van der Waals surface area contributed by atoms with Crippen LogP contribution >= 0.6 is 11.6 Å². The fourth-order valence-corrected chi connectivity index (χ4v) is 6.37. The molecule has 0 amide bonds. The summed E-state index contributed by atoms with van der Waals surface area (Å²) in [5, 5.41) is -0.335. The number of halogens is 4. The van der Waals surface area contributed by atoms with E-state index >= 15 is 0 Å². The minimum Gasteiger partial charge on any atom is -0.207 e. The maximum atomic E-state index is 13.0. The summed E-state index contributed by atoms with van der Waals surface area (Å²) in [5.74, 6) is 0. The first-order chi connectivity index (χ1) is 13.8. The van der Waals surface area contributed by atoms with Gasteiger partial charge in [-0.15, -0.1) is 0 Å². The molecular weight excluding hydrogens is 465 g/mol. The van der Waals surface area contributed by atoms with Crippen molar-refractivity contribution in [2.24, 2.45) is 0 Å². The van der Waals surface area contributed by atoms with Gasteiger partial charge >= 0.3 is 6.18 Å². The number of alkyl halides is 3.